The van der Waals surface area contributed by atoms with Crippen molar-refractivity contribution in [1.82, 2.24) is 4.57 Å². The number of hydrogen-bond acceptors (Lipinski definition) is 5. The molecule has 0 radical (unpaired) electrons. The van der Waals surface area contributed by atoms with Crippen molar-refractivity contribution < 1.29 is 9.47 Å². The summed E-state index contributed by atoms with van der Waals surface area (Å²) in [4.78, 5) is 0. The van der Waals surface area contributed by atoms with Crippen molar-refractivity contribution in [3.63, 3.8) is 0 Å². The zero-order chi connectivity index (χ0) is 30.7. The predicted molar refractivity (Wildman–Crippen MR) is 171 cm³/mol. The number of aromatic nitrogens is 1. The van der Waals surface area contributed by atoms with Crippen LogP contribution in [-0.4, -0.2) is 10.2 Å². The van der Waals surface area contributed by atoms with Gasteiger partial charge in [0.05, 0.1) is 10.9 Å². The molecule has 0 bridgehead atoms. The van der Waals surface area contributed by atoms with Gasteiger partial charge in [0, 0.05) is 28.6 Å². The molecule has 6 nitrogen and oxygen atoms in total. The number of para-hydroxylation sites is 1. The Morgan fingerprint density at radius 3 is 2.14 bits per heavy atom. The molecule has 0 atom stereocenters. The molecule has 1 aliphatic heterocycles. The quantitative estimate of drug-likeness (QED) is 0.183. The number of nitrogens with zero attached hydrogens (tertiary/aromatic N) is 4. The molecule has 212 valence electrons. The number of fused-ring (bicyclic) bond motifs is 3. The van der Waals surface area contributed by atoms with Gasteiger partial charge in [0.25, 0.3) is 0 Å². The molecule has 0 aliphatic carbocycles. The number of ether oxygens (including phenoxy) is 2. The third-order valence-corrected chi connectivity index (χ3v) is 7.82. The average molecular weight is 573 g/mol. The minimum atomic E-state index is -0.920. The van der Waals surface area contributed by atoms with Crippen molar-refractivity contribution in [2.24, 2.45) is 0 Å². The highest BCUT2D eigenvalue weighted by Gasteiger charge is 2.38. The topological polar surface area (TPSA) is 94.8 Å². The maximum atomic E-state index is 10.0. The third-order valence-electron chi connectivity index (χ3n) is 7.82. The number of allylic oxidation sites excluding steroid dienone is 2. The lowest BCUT2D eigenvalue weighted by molar-refractivity contribution is 0.0954. The van der Waals surface area contributed by atoms with E-state index >= 15 is 0 Å². The van der Waals surface area contributed by atoms with Gasteiger partial charge in [0.15, 0.2) is 11.3 Å². The van der Waals surface area contributed by atoms with Gasteiger partial charge < -0.3 is 14.0 Å². The monoisotopic (exact) mass is 572 g/mol. The molecular formula is C38H28N4O2. The SMILES string of the molecule is CC1(C)OC(=C(C#N)C#N)C(C#N)=C1/C=C/c1ccc2c(c1OCc1ccccc1)c1ccccc1n2Cc1ccccc1. The molecular weight excluding hydrogens is 544 g/mol. The molecule has 1 aromatic heterocycles. The summed E-state index contributed by atoms with van der Waals surface area (Å²) in [5.41, 5.74) is 4.84. The lowest BCUT2D eigenvalue weighted by Crippen LogP contribution is -2.20. The van der Waals surface area contributed by atoms with E-state index in [1.165, 1.54) is 5.56 Å². The van der Waals surface area contributed by atoms with Gasteiger partial charge in [0.2, 0.25) is 0 Å². The first-order valence-electron chi connectivity index (χ1n) is 14.3. The van der Waals surface area contributed by atoms with Gasteiger partial charge in [-0.2, -0.15) is 15.8 Å². The summed E-state index contributed by atoms with van der Waals surface area (Å²) in [6.07, 6.45) is 3.75. The first-order valence-corrected chi connectivity index (χ1v) is 14.3. The van der Waals surface area contributed by atoms with Crippen molar-refractivity contribution in [3.05, 3.63) is 142 Å². The van der Waals surface area contributed by atoms with Gasteiger partial charge >= 0.3 is 0 Å². The fourth-order valence-corrected chi connectivity index (χ4v) is 5.73. The van der Waals surface area contributed by atoms with E-state index in [4.69, 9.17) is 9.47 Å². The minimum absolute atomic E-state index is 0.0159. The largest absolute Gasteiger partial charge is 0.488 e. The molecule has 0 fully saturated rings. The highest BCUT2D eigenvalue weighted by molar-refractivity contribution is 6.12. The lowest BCUT2D eigenvalue weighted by atomic mass is 9.94. The molecule has 0 saturated carbocycles. The Hall–Kier alpha value is -6.03. The second-order valence-electron chi connectivity index (χ2n) is 11.0. The van der Waals surface area contributed by atoms with Crippen LogP contribution in [0.2, 0.25) is 0 Å². The van der Waals surface area contributed by atoms with E-state index in [0.29, 0.717) is 18.7 Å². The highest BCUT2D eigenvalue weighted by atomic mass is 16.5. The smallest absolute Gasteiger partial charge is 0.172 e. The van der Waals surface area contributed by atoms with Gasteiger partial charge in [-0.05, 0) is 43.2 Å². The van der Waals surface area contributed by atoms with Crippen LogP contribution in [-0.2, 0) is 17.9 Å². The Morgan fingerprint density at radius 2 is 1.45 bits per heavy atom. The van der Waals surface area contributed by atoms with Gasteiger partial charge in [-0.3, -0.25) is 0 Å². The molecule has 5 aromatic rings. The van der Waals surface area contributed by atoms with E-state index < -0.39 is 5.60 Å². The van der Waals surface area contributed by atoms with Crippen molar-refractivity contribution in [2.45, 2.75) is 32.6 Å². The second-order valence-corrected chi connectivity index (χ2v) is 11.0. The highest BCUT2D eigenvalue weighted by Crippen LogP contribution is 2.42. The van der Waals surface area contributed by atoms with E-state index in [1.54, 1.807) is 0 Å². The van der Waals surface area contributed by atoms with Crippen molar-refractivity contribution in [3.8, 4) is 24.0 Å². The van der Waals surface area contributed by atoms with Crippen molar-refractivity contribution >= 4 is 27.9 Å². The molecule has 1 aliphatic rings. The molecule has 6 heteroatoms. The van der Waals surface area contributed by atoms with E-state index in [0.717, 1.165) is 38.7 Å². The van der Waals surface area contributed by atoms with Gasteiger partial charge in [-0.1, -0.05) is 91.0 Å². The lowest BCUT2D eigenvalue weighted by Gasteiger charge is -2.20. The zero-order valence-corrected chi connectivity index (χ0v) is 24.4. The fourth-order valence-electron chi connectivity index (χ4n) is 5.73. The maximum Gasteiger partial charge on any atom is 0.172 e. The first-order chi connectivity index (χ1) is 21.4. The van der Waals surface area contributed by atoms with E-state index in [1.807, 2.05) is 92.7 Å². The normalized spacial score (nSPS) is 13.9. The van der Waals surface area contributed by atoms with E-state index in [2.05, 4.69) is 53.1 Å². The maximum absolute atomic E-state index is 10.0. The number of nitriles is 3. The number of hydrogen-bond donors (Lipinski definition) is 0. The Kier molecular flexibility index (Phi) is 7.47. The van der Waals surface area contributed by atoms with Crippen LogP contribution in [0, 0.1) is 34.0 Å². The van der Waals surface area contributed by atoms with Crippen LogP contribution < -0.4 is 4.74 Å². The molecule has 0 amide bonds. The van der Waals surface area contributed by atoms with Crippen LogP contribution >= 0.6 is 0 Å². The van der Waals surface area contributed by atoms with E-state index in [-0.39, 0.29) is 16.9 Å². The Morgan fingerprint density at radius 1 is 0.795 bits per heavy atom. The molecule has 0 unspecified atom stereocenters. The molecule has 0 N–H and O–H groups in total. The molecule has 44 heavy (non-hydrogen) atoms. The van der Waals surface area contributed by atoms with Crippen molar-refractivity contribution in [2.75, 3.05) is 0 Å². The molecule has 0 spiro atoms. The second kappa shape index (κ2) is 11.7. The Balaban J connectivity index is 1.55. The summed E-state index contributed by atoms with van der Waals surface area (Å²) in [5, 5.41) is 31.0. The summed E-state index contributed by atoms with van der Waals surface area (Å²) in [6, 6.07) is 38.7. The van der Waals surface area contributed by atoms with Crippen LogP contribution in [0.25, 0.3) is 27.9 Å². The third kappa shape index (κ3) is 5.09. The predicted octanol–water partition coefficient (Wildman–Crippen LogP) is 8.37. The molecule has 6 rings (SSSR count). The first kappa shape index (κ1) is 28.1. The van der Waals surface area contributed by atoms with Crippen LogP contribution in [0.5, 0.6) is 5.75 Å². The number of benzene rings is 4. The minimum Gasteiger partial charge on any atom is -0.488 e. The van der Waals surface area contributed by atoms with Crippen LogP contribution in [0.1, 0.15) is 30.5 Å². The summed E-state index contributed by atoms with van der Waals surface area (Å²) in [7, 11) is 0. The molecule has 0 saturated heterocycles. The van der Waals surface area contributed by atoms with Gasteiger partial charge in [-0.25, -0.2) is 0 Å². The standard InChI is InChI=1S/C38H28N4O2/c1-38(2)32(31(23-41)36(44-38)29(21-39)22-40)19-17-28-18-20-34-35(37(28)43-25-27-13-7-4-8-14-27)30-15-9-10-16-33(30)42(34)24-26-11-5-3-6-12-26/h3-20H,24-25H2,1-2H3/b19-17+. The average Bonchev–Trinajstić information content (AvgIpc) is 3.50. The molecule has 4 aromatic carbocycles. The molecule has 2 heterocycles. The van der Waals surface area contributed by atoms with Gasteiger partial charge in [-0.15, -0.1) is 0 Å². The zero-order valence-electron chi connectivity index (χ0n) is 24.4. The Bertz CT molecular complexity index is 2100. The number of rotatable bonds is 7. The summed E-state index contributed by atoms with van der Waals surface area (Å²) >= 11 is 0. The van der Waals surface area contributed by atoms with Crippen LogP contribution in [0.4, 0.5) is 0 Å². The Labute approximate surface area is 256 Å². The van der Waals surface area contributed by atoms with Gasteiger partial charge in [0.1, 0.15) is 41.7 Å². The summed E-state index contributed by atoms with van der Waals surface area (Å²) in [6.45, 7) is 4.71. The van der Waals surface area contributed by atoms with Crippen LogP contribution in [0.15, 0.2) is 126 Å². The van der Waals surface area contributed by atoms with Crippen LogP contribution in [0.3, 0.4) is 0 Å². The van der Waals surface area contributed by atoms with E-state index in [9.17, 15) is 15.8 Å². The summed E-state index contributed by atoms with van der Waals surface area (Å²) < 4.78 is 14.9. The summed E-state index contributed by atoms with van der Waals surface area (Å²) in [5.74, 6) is 0.745. The van der Waals surface area contributed by atoms with Crippen molar-refractivity contribution in [1.29, 1.82) is 15.8 Å². The fraction of sp³-hybridized carbons (Fsp3) is 0.132.